The first-order chi connectivity index (χ1) is 9.26. The van der Waals surface area contributed by atoms with Crippen molar-refractivity contribution in [2.24, 2.45) is 0 Å². The van der Waals surface area contributed by atoms with E-state index < -0.39 is 28.6 Å². The van der Waals surface area contributed by atoms with Crippen LogP contribution in [0, 0.1) is 0 Å². The average Bonchev–Trinajstić information content (AvgIpc) is 2.35. The van der Waals surface area contributed by atoms with Gasteiger partial charge < -0.3 is 20.3 Å². The predicted octanol–water partition coefficient (Wildman–Crippen LogP) is -1.97. The second kappa shape index (κ2) is 6.46. The number of aliphatic hydroxyl groups excluding tert-OH is 1. The van der Waals surface area contributed by atoms with Crippen molar-refractivity contribution in [2.45, 2.75) is 17.9 Å². The second-order valence-corrected chi connectivity index (χ2v) is 5.60. The highest BCUT2D eigenvalue weighted by Crippen LogP contribution is 2.14. The molecule has 1 amide bonds. The third-order valence-electron chi connectivity index (χ3n) is 2.25. The smallest absolute Gasteiger partial charge is 0.241 e. The van der Waals surface area contributed by atoms with Crippen molar-refractivity contribution in [3.8, 4) is 0 Å². The van der Waals surface area contributed by atoms with Crippen molar-refractivity contribution in [1.29, 1.82) is 0 Å². The fraction of sp³-hybridized carbons (Fsp3) is 0.273. The van der Waals surface area contributed by atoms with E-state index in [1.807, 2.05) is 0 Å². The van der Waals surface area contributed by atoms with Gasteiger partial charge in [0.15, 0.2) is 0 Å². The minimum Gasteiger partial charge on any atom is -0.548 e. The SMILES string of the molecule is CC(=O)Nc1ccc(S(=O)(=O)N[C@@H](CO)C(=O)[O-])cc1. The summed E-state index contributed by atoms with van der Waals surface area (Å²) in [4.78, 5) is 21.2. The van der Waals surface area contributed by atoms with E-state index in [0.717, 1.165) is 0 Å². The maximum absolute atomic E-state index is 11.8. The summed E-state index contributed by atoms with van der Waals surface area (Å²) in [6, 6.07) is 3.36. The van der Waals surface area contributed by atoms with Crippen molar-refractivity contribution in [3.05, 3.63) is 24.3 Å². The lowest BCUT2D eigenvalue weighted by molar-refractivity contribution is -0.308. The lowest BCUT2D eigenvalue weighted by atomic mass is 10.3. The van der Waals surface area contributed by atoms with Gasteiger partial charge in [0.1, 0.15) is 0 Å². The Morgan fingerprint density at radius 3 is 2.25 bits per heavy atom. The van der Waals surface area contributed by atoms with Crippen molar-refractivity contribution in [1.82, 2.24) is 4.72 Å². The standard InChI is InChI=1S/C11H14N2O6S/c1-7(15)12-8-2-4-9(5-3-8)20(18,19)13-10(6-14)11(16)17/h2-5,10,13-14H,6H2,1H3,(H,12,15)(H,16,17)/p-1/t10-/m0/s1. The monoisotopic (exact) mass is 301 g/mol. The van der Waals surface area contributed by atoms with Gasteiger partial charge in [-0.1, -0.05) is 0 Å². The quantitative estimate of drug-likeness (QED) is 0.558. The van der Waals surface area contributed by atoms with Crippen molar-refractivity contribution in [3.63, 3.8) is 0 Å². The summed E-state index contributed by atoms with van der Waals surface area (Å²) in [5.74, 6) is -2.04. The number of nitrogens with one attached hydrogen (secondary N) is 2. The molecule has 0 heterocycles. The van der Waals surface area contributed by atoms with E-state index in [-0.39, 0.29) is 10.8 Å². The van der Waals surface area contributed by atoms with Crippen LogP contribution in [0.2, 0.25) is 0 Å². The molecule has 1 atom stereocenters. The molecule has 1 aromatic rings. The van der Waals surface area contributed by atoms with Crippen LogP contribution in [0.25, 0.3) is 0 Å². The van der Waals surface area contributed by atoms with Crippen LogP contribution < -0.4 is 15.1 Å². The van der Waals surface area contributed by atoms with Gasteiger partial charge in [-0.2, -0.15) is 0 Å². The topological polar surface area (TPSA) is 136 Å². The van der Waals surface area contributed by atoms with Gasteiger partial charge >= 0.3 is 0 Å². The summed E-state index contributed by atoms with van der Waals surface area (Å²) in [5.41, 5.74) is 0.398. The third-order valence-corrected chi connectivity index (χ3v) is 3.74. The number of amides is 1. The number of hydrogen-bond donors (Lipinski definition) is 3. The Hall–Kier alpha value is -1.97. The van der Waals surface area contributed by atoms with Gasteiger partial charge in [-0.05, 0) is 24.3 Å². The number of carbonyl (C=O) groups excluding carboxylic acids is 2. The van der Waals surface area contributed by atoms with Crippen molar-refractivity contribution < 1.29 is 28.2 Å². The molecule has 9 heteroatoms. The molecule has 0 bridgehead atoms. The molecule has 0 saturated heterocycles. The summed E-state index contributed by atoms with van der Waals surface area (Å²) in [6.07, 6.45) is 0. The Balaban J connectivity index is 2.92. The number of hydrogen-bond acceptors (Lipinski definition) is 6. The van der Waals surface area contributed by atoms with Gasteiger partial charge in [0.05, 0.1) is 23.5 Å². The van der Waals surface area contributed by atoms with E-state index in [1.165, 1.54) is 31.2 Å². The van der Waals surface area contributed by atoms with Gasteiger partial charge in [-0.3, -0.25) is 4.79 Å². The Morgan fingerprint density at radius 1 is 1.30 bits per heavy atom. The van der Waals surface area contributed by atoms with Gasteiger partial charge in [0.2, 0.25) is 15.9 Å². The summed E-state index contributed by atoms with van der Waals surface area (Å²) in [7, 11) is -4.11. The Morgan fingerprint density at radius 2 is 1.85 bits per heavy atom. The predicted molar refractivity (Wildman–Crippen MR) is 66.9 cm³/mol. The van der Waals surface area contributed by atoms with Crippen LogP contribution in [-0.4, -0.2) is 38.0 Å². The minimum absolute atomic E-state index is 0.202. The zero-order chi connectivity index (χ0) is 15.3. The molecule has 0 saturated carbocycles. The van der Waals surface area contributed by atoms with E-state index in [9.17, 15) is 23.1 Å². The van der Waals surface area contributed by atoms with Crippen LogP contribution in [0.3, 0.4) is 0 Å². The molecule has 0 aliphatic rings. The molecule has 0 aromatic heterocycles. The van der Waals surface area contributed by atoms with E-state index in [4.69, 9.17) is 5.11 Å². The number of carbonyl (C=O) groups is 2. The zero-order valence-corrected chi connectivity index (χ0v) is 11.3. The normalized spacial score (nSPS) is 12.7. The fourth-order valence-corrected chi connectivity index (χ4v) is 2.51. The summed E-state index contributed by atoms with van der Waals surface area (Å²) in [5, 5.41) is 21.8. The number of rotatable bonds is 6. The van der Waals surface area contributed by atoms with Crippen LogP contribution in [0.4, 0.5) is 5.69 Å². The molecular weight excluding hydrogens is 288 g/mol. The number of anilines is 1. The molecule has 0 unspecified atom stereocenters. The van der Waals surface area contributed by atoms with Crippen LogP contribution >= 0.6 is 0 Å². The number of carboxylic acids is 1. The molecule has 0 spiro atoms. The van der Waals surface area contributed by atoms with Crippen LogP contribution in [0.1, 0.15) is 6.92 Å². The molecule has 0 aliphatic carbocycles. The molecule has 0 aliphatic heterocycles. The first kappa shape index (κ1) is 16.1. The number of aliphatic carboxylic acids is 1. The molecule has 8 nitrogen and oxygen atoms in total. The van der Waals surface area contributed by atoms with Crippen molar-refractivity contribution in [2.75, 3.05) is 11.9 Å². The van der Waals surface area contributed by atoms with Crippen molar-refractivity contribution >= 4 is 27.6 Å². The maximum atomic E-state index is 11.8. The molecule has 0 radical (unpaired) electrons. The molecule has 20 heavy (non-hydrogen) atoms. The fourth-order valence-electron chi connectivity index (χ4n) is 1.34. The third kappa shape index (κ3) is 4.30. The first-order valence-corrected chi connectivity index (χ1v) is 6.96. The first-order valence-electron chi connectivity index (χ1n) is 5.48. The van der Waals surface area contributed by atoms with E-state index >= 15 is 0 Å². The number of carboxylic acid groups (broad SMARTS) is 1. The van der Waals surface area contributed by atoms with Gasteiger partial charge in [-0.15, -0.1) is 0 Å². The van der Waals surface area contributed by atoms with Gasteiger partial charge in [0.25, 0.3) is 0 Å². The average molecular weight is 301 g/mol. The lowest BCUT2D eigenvalue weighted by Crippen LogP contribution is -2.49. The zero-order valence-electron chi connectivity index (χ0n) is 10.5. The van der Waals surface area contributed by atoms with Gasteiger partial charge in [0, 0.05) is 12.6 Å². The molecule has 0 fully saturated rings. The number of sulfonamides is 1. The molecule has 1 rings (SSSR count). The maximum Gasteiger partial charge on any atom is 0.241 e. The van der Waals surface area contributed by atoms with Crippen LogP contribution in [0.5, 0.6) is 0 Å². The summed E-state index contributed by atoms with van der Waals surface area (Å²) < 4.78 is 25.5. The summed E-state index contributed by atoms with van der Waals surface area (Å²) in [6.45, 7) is 0.378. The lowest BCUT2D eigenvalue weighted by Gasteiger charge is -2.17. The van der Waals surface area contributed by atoms with E-state index in [1.54, 1.807) is 4.72 Å². The van der Waals surface area contributed by atoms with Crippen LogP contribution in [-0.2, 0) is 19.6 Å². The number of aliphatic hydroxyl groups is 1. The van der Waals surface area contributed by atoms with Gasteiger partial charge in [-0.25, -0.2) is 13.1 Å². The molecule has 110 valence electrons. The Labute approximate surface area is 115 Å². The highest BCUT2D eigenvalue weighted by Gasteiger charge is 2.20. The highest BCUT2D eigenvalue weighted by molar-refractivity contribution is 7.89. The minimum atomic E-state index is -4.11. The largest absolute Gasteiger partial charge is 0.548 e. The Kier molecular flexibility index (Phi) is 5.19. The number of benzene rings is 1. The highest BCUT2D eigenvalue weighted by atomic mass is 32.2. The van der Waals surface area contributed by atoms with E-state index in [2.05, 4.69) is 5.32 Å². The molecular formula is C11H13N2O6S-. The molecule has 3 N–H and O–H groups in total. The summed E-state index contributed by atoms with van der Waals surface area (Å²) >= 11 is 0. The molecule has 1 aromatic carbocycles. The second-order valence-electron chi connectivity index (χ2n) is 3.88. The Bertz CT molecular complexity index is 596. The van der Waals surface area contributed by atoms with E-state index in [0.29, 0.717) is 5.69 Å². The van der Waals surface area contributed by atoms with Crippen LogP contribution in [0.15, 0.2) is 29.2 Å².